The topological polar surface area (TPSA) is 58.1 Å². The number of aryl methyl sites for hydroxylation is 1. The van der Waals surface area contributed by atoms with Crippen LogP contribution in [0.1, 0.15) is 46.3 Å². The number of aromatic nitrogens is 2. The third kappa shape index (κ3) is 5.68. The van der Waals surface area contributed by atoms with Crippen molar-refractivity contribution in [3.63, 3.8) is 0 Å². The van der Waals surface area contributed by atoms with Crippen LogP contribution < -0.4 is 5.32 Å². The third-order valence-electron chi connectivity index (χ3n) is 7.08. The first-order valence-corrected chi connectivity index (χ1v) is 12.5. The normalized spacial score (nSPS) is 16.1. The average Bonchev–Trinajstić information content (AvgIpc) is 3.14. The highest BCUT2D eigenvalue weighted by atomic mass is 16.2. The molecule has 1 atom stereocenters. The van der Waals surface area contributed by atoms with E-state index in [0.29, 0.717) is 12.5 Å². The van der Waals surface area contributed by atoms with E-state index in [4.69, 9.17) is 0 Å². The Morgan fingerprint density at radius 3 is 2.66 bits per heavy atom. The zero-order valence-electron chi connectivity index (χ0n) is 20.3. The molecule has 1 aliphatic heterocycles. The van der Waals surface area contributed by atoms with Crippen LogP contribution in [0.2, 0.25) is 0 Å². The number of pyridine rings is 2. The van der Waals surface area contributed by atoms with Crippen molar-refractivity contribution in [2.45, 2.75) is 39.2 Å². The van der Waals surface area contributed by atoms with Gasteiger partial charge in [-0.25, -0.2) is 0 Å². The molecule has 5 rings (SSSR count). The zero-order chi connectivity index (χ0) is 24.0. The summed E-state index contributed by atoms with van der Waals surface area (Å²) in [5, 5.41) is 5.91. The molecular weight excluding hydrogens is 432 g/mol. The van der Waals surface area contributed by atoms with E-state index in [1.165, 1.54) is 16.3 Å². The Bertz CT molecular complexity index is 1300. The van der Waals surface area contributed by atoms with Gasteiger partial charge in [0.05, 0.1) is 0 Å². The number of likely N-dealkylation sites (tertiary alicyclic amines) is 1. The van der Waals surface area contributed by atoms with Gasteiger partial charge in [-0.15, -0.1) is 0 Å². The van der Waals surface area contributed by atoms with Crippen LogP contribution in [0.5, 0.6) is 0 Å². The molecule has 2 aromatic carbocycles. The molecule has 0 aliphatic carbocycles. The fraction of sp³-hybridized carbons (Fsp3) is 0.300. The van der Waals surface area contributed by atoms with Gasteiger partial charge in [0.2, 0.25) is 0 Å². The summed E-state index contributed by atoms with van der Waals surface area (Å²) in [6.45, 7) is 4.41. The number of nitrogens with zero attached hydrogens (tertiary/aromatic N) is 3. The molecule has 0 radical (unpaired) electrons. The number of amides is 1. The van der Waals surface area contributed by atoms with Gasteiger partial charge in [0.1, 0.15) is 0 Å². The van der Waals surface area contributed by atoms with E-state index in [1.54, 1.807) is 12.4 Å². The van der Waals surface area contributed by atoms with E-state index < -0.39 is 0 Å². The average molecular weight is 465 g/mol. The van der Waals surface area contributed by atoms with Crippen LogP contribution in [0.15, 0.2) is 79.4 Å². The summed E-state index contributed by atoms with van der Waals surface area (Å²) in [5.41, 5.74) is 5.42. The second-order valence-corrected chi connectivity index (χ2v) is 9.59. The number of hydrogen-bond acceptors (Lipinski definition) is 4. The van der Waals surface area contributed by atoms with Crippen LogP contribution >= 0.6 is 0 Å². The van der Waals surface area contributed by atoms with Crippen molar-refractivity contribution in [1.82, 2.24) is 14.9 Å². The molecule has 4 aromatic rings. The van der Waals surface area contributed by atoms with Crippen LogP contribution in [-0.4, -0.2) is 33.9 Å². The van der Waals surface area contributed by atoms with Crippen LogP contribution in [0, 0.1) is 12.8 Å². The maximum Gasteiger partial charge on any atom is 0.253 e. The highest BCUT2D eigenvalue weighted by molar-refractivity contribution is 5.95. The van der Waals surface area contributed by atoms with Crippen molar-refractivity contribution in [1.29, 1.82) is 0 Å². The molecule has 1 saturated heterocycles. The molecule has 3 heterocycles. The molecule has 35 heavy (non-hydrogen) atoms. The summed E-state index contributed by atoms with van der Waals surface area (Å²) in [6, 6.07) is 18.8. The molecule has 1 fully saturated rings. The van der Waals surface area contributed by atoms with Gasteiger partial charge in [0.15, 0.2) is 0 Å². The molecule has 1 N–H and O–H groups in total. The summed E-state index contributed by atoms with van der Waals surface area (Å²) in [5.74, 6) is 0.729. The van der Waals surface area contributed by atoms with Gasteiger partial charge in [-0.05, 0) is 97.0 Å². The smallest absolute Gasteiger partial charge is 0.253 e. The van der Waals surface area contributed by atoms with Gasteiger partial charge in [0.25, 0.3) is 5.91 Å². The summed E-state index contributed by atoms with van der Waals surface area (Å²) in [4.78, 5) is 23.8. The van der Waals surface area contributed by atoms with Gasteiger partial charge in [-0.3, -0.25) is 14.8 Å². The number of hydrogen-bond donors (Lipinski definition) is 1. The number of fused-ring (bicyclic) bond motifs is 1. The van der Waals surface area contributed by atoms with Crippen LogP contribution in [0.25, 0.3) is 10.8 Å². The van der Waals surface area contributed by atoms with Crippen LogP contribution in [0.4, 0.5) is 5.69 Å². The minimum absolute atomic E-state index is 0.134. The first-order valence-electron chi connectivity index (χ1n) is 12.5. The van der Waals surface area contributed by atoms with E-state index in [0.717, 1.165) is 61.2 Å². The Hall–Kier alpha value is -3.73. The maximum atomic E-state index is 13.4. The van der Waals surface area contributed by atoms with E-state index in [-0.39, 0.29) is 5.91 Å². The van der Waals surface area contributed by atoms with Crippen molar-refractivity contribution < 1.29 is 4.79 Å². The van der Waals surface area contributed by atoms with Crippen molar-refractivity contribution in [2.24, 2.45) is 5.92 Å². The molecule has 2 aromatic heterocycles. The lowest BCUT2D eigenvalue weighted by Gasteiger charge is -2.22. The highest BCUT2D eigenvalue weighted by Crippen LogP contribution is 2.26. The Morgan fingerprint density at radius 1 is 0.914 bits per heavy atom. The first kappa shape index (κ1) is 23.0. The predicted octanol–water partition coefficient (Wildman–Crippen LogP) is 6.04. The lowest BCUT2D eigenvalue weighted by atomic mass is 9.92. The monoisotopic (exact) mass is 464 g/mol. The van der Waals surface area contributed by atoms with Crippen molar-refractivity contribution in [3.8, 4) is 0 Å². The molecule has 0 saturated carbocycles. The second kappa shape index (κ2) is 10.7. The van der Waals surface area contributed by atoms with Gasteiger partial charge in [0, 0.05) is 61.1 Å². The SMILES string of the molecule is Cc1ccc(C(=O)N2CCCC(Cc3ccc4ccncc4c3)CC2)cc1NCc1ccncc1. The second-order valence-electron chi connectivity index (χ2n) is 9.59. The summed E-state index contributed by atoms with van der Waals surface area (Å²) >= 11 is 0. The fourth-order valence-corrected chi connectivity index (χ4v) is 4.99. The zero-order valence-corrected chi connectivity index (χ0v) is 20.3. The standard InChI is InChI=1S/C30H32N4O/c1-22-4-6-27(19-29(22)33-20-24-8-12-31-13-9-24)30(35)34-15-2-3-23(11-16-34)17-25-5-7-26-10-14-32-21-28(26)18-25/h4-10,12-14,18-19,21,23,33H,2-3,11,15-17,20H2,1H3. The number of anilines is 1. The Morgan fingerprint density at radius 2 is 1.77 bits per heavy atom. The van der Waals surface area contributed by atoms with Gasteiger partial charge in [-0.2, -0.15) is 0 Å². The quantitative estimate of drug-likeness (QED) is 0.378. The molecule has 5 nitrogen and oxygen atoms in total. The summed E-state index contributed by atoms with van der Waals surface area (Å²) in [7, 11) is 0. The molecule has 0 spiro atoms. The largest absolute Gasteiger partial charge is 0.381 e. The van der Waals surface area contributed by atoms with Crippen molar-refractivity contribution in [2.75, 3.05) is 18.4 Å². The molecule has 0 bridgehead atoms. The Balaban J connectivity index is 1.21. The van der Waals surface area contributed by atoms with Gasteiger partial charge in [-0.1, -0.05) is 18.2 Å². The maximum absolute atomic E-state index is 13.4. The van der Waals surface area contributed by atoms with Crippen LogP contribution in [0.3, 0.4) is 0 Å². The molecule has 1 amide bonds. The lowest BCUT2D eigenvalue weighted by Crippen LogP contribution is -2.32. The van der Waals surface area contributed by atoms with E-state index in [1.807, 2.05) is 47.6 Å². The van der Waals surface area contributed by atoms with E-state index in [2.05, 4.69) is 46.5 Å². The number of benzene rings is 2. The van der Waals surface area contributed by atoms with Gasteiger partial charge >= 0.3 is 0 Å². The van der Waals surface area contributed by atoms with E-state index >= 15 is 0 Å². The van der Waals surface area contributed by atoms with Crippen LogP contribution in [-0.2, 0) is 13.0 Å². The Labute approximate surface area is 207 Å². The molecule has 5 heteroatoms. The lowest BCUT2D eigenvalue weighted by molar-refractivity contribution is 0.0760. The summed E-state index contributed by atoms with van der Waals surface area (Å²) < 4.78 is 0. The first-order chi connectivity index (χ1) is 17.2. The molecule has 1 unspecified atom stereocenters. The predicted molar refractivity (Wildman–Crippen MR) is 141 cm³/mol. The van der Waals surface area contributed by atoms with E-state index in [9.17, 15) is 4.79 Å². The summed E-state index contributed by atoms with van der Waals surface area (Å²) in [6.07, 6.45) is 11.7. The number of carbonyl (C=O) groups excluding carboxylic acids is 1. The van der Waals surface area contributed by atoms with Crippen molar-refractivity contribution in [3.05, 3.63) is 102 Å². The number of nitrogens with one attached hydrogen (secondary N) is 1. The minimum Gasteiger partial charge on any atom is -0.381 e. The molecular formula is C30H32N4O. The Kier molecular flexibility index (Phi) is 7.03. The molecule has 1 aliphatic rings. The third-order valence-corrected chi connectivity index (χ3v) is 7.08. The number of rotatable bonds is 6. The van der Waals surface area contributed by atoms with Crippen molar-refractivity contribution >= 4 is 22.4 Å². The molecule has 178 valence electrons. The number of carbonyl (C=O) groups is 1. The fourth-order valence-electron chi connectivity index (χ4n) is 4.99. The highest BCUT2D eigenvalue weighted by Gasteiger charge is 2.22. The van der Waals surface area contributed by atoms with Gasteiger partial charge < -0.3 is 10.2 Å². The minimum atomic E-state index is 0.134.